The van der Waals surface area contributed by atoms with Crippen LogP contribution in [0.3, 0.4) is 0 Å². The quantitative estimate of drug-likeness (QED) is 0.811. The summed E-state index contributed by atoms with van der Waals surface area (Å²) in [6, 6.07) is 1.24. The summed E-state index contributed by atoms with van der Waals surface area (Å²) in [7, 11) is -3.87. The average Bonchev–Trinajstić information content (AvgIpc) is 2.88. The topological polar surface area (TPSA) is 103 Å². The highest BCUT2D eigenvalue weighted by molar-refractivity contribution is 7.92. The van der Waals surface area contributed by atoms with E-state index in [1.54, 1.807) is 0 Å². The van der Waals surface area contributed by atoms with Gasteiger partial charge in [-0.2, -0.15) is 5.10 Å². The molecule has 0 aliphatic rings. The summed E-state index contributed by atoms with van der Waals surface area (Å²) in [5.41, 5.74) is 5.21. The summed E-state index contributed by atoms with van der Waals surface area (Å²) in [6.07, 6.45) is 5.50. The number of nitrogens with one attached hydrogen (secondary N) is 1. The number of anilines is 1. The summed E-state index contributed by atoms with van der Waals surface area (Å²) in [6.45, 7) is 1.01. The fourth-order valence-corrected chi connectivity index (χ4v) is 2.54. The summed E-state index contributed by atoms with van der Waals surface area (Å²) in [4.78, 5) is 3.51. The third-order valence-electron chi connectivity index (χ3n) is 2.53. The molecule has 0 aliphatic carbocycles. The first-order chi connectivity index (χ1) is 9.53. The van der Waals surface area contributed by atoms with Crippen LogP contribution >= 0.6 is 0 Å². The maximum atomic E-state index is 13.4. The van der Waals surface area contributed by atoms with E-state index in [4.69, 9.17) is 5.73 Å². The molecule has 108 valence electrons. The summed E-state index contributed by atoms with van der Waals surface area (Å²) in [5, 5.41) is 3.92. The van der Waals surface area contributed by atoms with Crippen LogP contribution in [-0.4, -0.2) is 29.7 Å². The monoisotopic (exact) mass is 299 g/mol. The van der Waals surface area contributed by atoms with Crippen molar-refractivity contribution in [2.75, 3.05) is 11.3 Å². The van der Waals surface area contributed by atoms with E-state index in [9.17, 15) is 12.8 Å². The van der Waals surface area contributed by atoms with Crippen LogP contribution in [0.2, 0.25) is 0 Å². The summed E-state index contributed by atoms with van der Waals surface area (Å²) >= 11 is 0. The standard InChI is InChI=1S/C11H14FN5O2S/c12-10-7-14-4-2-11(10)16-20(18,19)9-6-15-17(8-9)5-1-3-13/h2,4,6-8H,1,3,5,13H2,(H,14,16). The van der Waals surface area contributed by atoms with Crippen molar-refractivity contribution in [3.8, 4) is 0 Å². The van der Waals surface area contributed by atoms with Gasteiger partial charge in [-0.15, -0.1) is 0 Å². The molecule has 0 unspecified atom stereocenters. The van der Waals surface area contributed by atoms with Gasteiger partial charge in [-0.25, -0.2) is 12.8 Å². The van der Waals surface area contributed by atoms with Gasteiger partial charge in [0.15, 0.2) is 5.82 Å². The molecule has 0 saturated heterocycles. The van der Waals surface area contributed by atoms with Crippen LogP contribution in [0.15, 0.2) is 35.7 Å². The van der Waals surface area contributed by atoms with Gasteiger partial charge in [0.2, 0.25) is 0 Å². The third-order valence-corrected chi connectivity index (χ3v) is 3.85. The number of aryl methyl sites for hydroxylation is 1. The number of halogens is 1. The third kappa shape index (κ3) is 3.31. The van der Waals surface area contributed by atoms with Crippen molar-refractivity contribution in [3.63, 3.8) is 0 Å². The molecule has 0 fully saturated rings. The van der Waals surface area contributed by atoms with Gasteiger partial charge in [0.05, 0.1) is 18.1 Å². The van der Waals surface area contributed by atoms with E-state index in [0.29, 0.717) is 19.5 Å². The first-order valence-electron chi connectivity index (χ1n) is 5.88. The highest BCUT2D eigenvalue weighted by atomic mass is 32.2. The largest absolute Gasteiger partial charge is 0.330 e. The lowest BCUT2D eigenvalue weighted by Crippen LogP contribution is -2.13. The molecule has 0 saturated carbocycles. The molecule has 7 nitrogen and oxygen atoms in total. The molecule has 0 spiro atoms. The molecule has 0 aliphatic heterocycles. The Hall–Kier alpha value is -2.00. The SMILES string of the molecule is NCCCn1cc(S(=O)(=O)Nc2ccncc2F)cn1. The number of rotatable bonds is 6. The van der Waals surface area contributed by atoms with Crippen LogP contribution in [0.4, 0.5) is 10.1 Å². The molecule has 2 aromatic rings. The molecule has 2 aromatic heterocycles. The van der Waals surface area contributed by atoms with Gasteiger partial charge in [0, 0.05) is 18.9 Å². The van der Waals surface area contributed by atoms with Crippen LogP contribution in [0.5, 0.6) is 0 Å². The summed E-state index contributed by atoms with van der Waals surface area (Å²) in [5.74, 6) is -0.744. The molecular weight excluding hydrogens is 285 g/mol. The molecule has 0 amide bonds. The van der Waals surface area contributed by atoms with Crippen LogP contribution in [-0.2, 0) is 16.6 Å². The van der Waals surface area contributed by atoms with Gasteiger partial charge < -0.3 is 5.73 Å². The van der Waals surface area contributed by atoms with Crippen molar-refractivity contribution in [1.82, 2.24) is 14.8 Å². The van der Waals surface area contributed by atoms with Gasteiger partial charge in [0.1, 0.15) is 4.90 Å². The fraction of sp³-hybridized carbons (Fsp3) is 0.273. The number of hydrogen-bond acceptors (Lipinski definition) is 5. The van der Waals surface area contributed by atoms with E-state index in [1.807, 2.05) is 0 Å². The van der Waals surface area contributed by atoms with E-state index < -0.39 is 15.8 Å². The Morgan fingerprint density at radius 2 is 2.20 bits per heavy atom. The molecule has 20 heavy (non-hydrogen) atoms. The van der Waals surface area contributed by atoms with Gasteiger partial charge in [-0.3, -0.25) is 14.4 Å². The second-order valence-corrected chi connectivity index (χ2v) is 5.72. The van der Waals surface area contributed by atoms with E-state index in [-0.39, 0.29) is 10.6 Å². The maximum absolute atomic E-state index is 13.4. The molecule has 0 atom stereocenters. The van der Waals surface area contributed by atoms with Crippen LogP contribution in [0.25, 0.3) is 0 Å². The molecule has 0 bridgehead atoms. The van der Waals surface area contributed by atoms with Crippen LogP contribution in [0.1, 0.15) is 6.42 Å². The van der Waals surface area contributed by atoms with Gasteiger partial charge >= 0.3 is 0 Å². The van der Waals surface area contributed by atoms with Gasteiger partial charge in [-0.05, 0) is 19.0 Å². The van der Waals surface area contributed by atoms with E-state index >= 15 is 0 Å². The Labute approximate surface area is 115 Å². The van der Waals surface area contributed by atoms with Crippen molar-refractivity contribution in [2.45, 2.75) is 17.9 Å². The zero-order valence-corrected chi connectivity index (χ0v) is 11.3. The second kappa shape index (κ2) is 5.97. The normalized spacial score (nSPS) is 11.5. The molecular formula is C11H14FN5O2S. The van der Waals surface area contributed by atoms with Crippen molar-refractivity contribution in [3.05, 3.63) is 36.7 Å². The van der Waals surface area contributed by atoms with E-state index in [1.165, 1.54) is 29.3 Å². The Morgan fingerprint density at radius 1 is 1.40 bits per heavy atom. The van der Waals surface area contributed by atoms with E-state index in [2.05, 4.69) is 14.8 Å². The lowest BCUT2D eigenvalue weighted by molar-refractivity contribution is 0.582. The number of hydrogen-bond donors (Lipinski definition) is 2. The van der Waals surface area contributed by atoms with Gasteiger partial charge in [-0.1, -0.05) is 0 Å². The Balaban J connectivity index is 2.18. The molecule has 9 heteroatoms. The lowest BCUT2D eigenvalue weighted by atomic mass is 10.4. The first-order valence-corrected chi connectivity index (χ1v) is 7.36. The minimum atomic E-state index is -3.87. The van der Waals surface area contributed by atoms with Crippen LogP contribution < -0.4 is 10.5 Å². The van der Waals surface area contributed by atoms with Crippen molar-refractivity contribution in [2.24, 2.45) is 5.73 Å². The Morgan fingerprint density at radius 3 is 2.90 bits per heavy atom. The first kappa shape index (κ1) is 14.4. The highest BCUT2D eigenvalue weighted by Crippen LogP contribution is 2.17. The van der Waals surface area contributed by atoms with Crippen LogP contribution in [0, 0.1) is 5.82 Å². The zero-order valence-electron chi connectivity index (χ0n) is 10.5. The number of aromatic nitrogens is 3. The predicted molar refractivity (Wildman–Crippen MR) is 70.9 cm³/mol. The summed E-state index contributed by atoms with van der Waals surface area (Å²) < 4.78 is 41.1. The molecule has 2 rings (SSSR count). The molecule has 0 aromatic carbocycles. The van der Waals surface area contributed by atoms with Gasteiger partial charge in [0.25, 0.3) is 10.0 Å². The van der Waals surface area contributed by atoms with Crippen molar-refractivity contribution < 1.29 is 12.8 Å². The fourth-order valence-electron chi connectivity index (χ4n) is 1.52. The number of nitrogens with zero attached hydrogens (tertiary/aromatic N) is 3. The van der Waals surface area contributed by atoms with Crippen molar-refractivity contribution in [1.29, 1.82) is 0 Å². The second-order valence-electron chi connectivity index (χ2n) is 4.04. The maximum Gasteiger partial charge on any atom is 0.265 e. The zero-order chi connectivity index (χ0) is 14.6. The smallest absolute Gasteiger partial charge is 0.265 e. The Bertz CT molecular complexity index is 686. The predicted octanol–water partition coefficient (Wildman–Crippen LogP) is 0.567. The average molecular weight is 299 g/mol. The molecule has 0 radical (unpaired) electrons. The lowest BCUT2D eigenvalue weighted by Gasteiger charge is -2.06. The highest BCUT2D eigenvalue weighted by Gasteiger charge is 2.18. The van der Waals surface area contributed by atoms with Crippen molar-refractivity contribution >= 4 is 15.7 Å². The number of nitrogens with two attached hydrogens (primary N) is 1. The number of pyridine rings is 1. The molecule has 2 heterocycles. The minimum absolute atomic E-state index is 0.0364. The number of sulfonamides is 1. The Kier molecular flexibility index (Phi) is 4.30. The van der Waals surface area contributed by atoms with E-state index in [0.717, 1.165) is 6.20 Å². The molecule has 3 N–H and O–H groups in total. The minimum Gasteiger partial charge on any atom is -0.330 e.